The maximum absolute atomic E-state index is 14.1. The number of anilines is 1. The van der Waals surface area contributed by atoms with Crippen molar-refractivity contribution in [3.8, 4) is 5.75 Å². The normalized spacial score (nSPS) is 10.7. The Labute approximate surface area is 133 Å². The van der Waals surface area contributed by atoms with Gasteiger partial charge < -0.3 is 18.6 Å². The van der Waals surface area contributed by atoms with E-state index in [1.165, 1.54) is 13.2 Å². The lowest BCUT2D eigenvalue weighted by Gasteiger charge is -2.24. The summed E-state index contributed by atoms with van der Waals surface area (Å²) in [5.74, 6) is 1.51. The first-order valence-electron chi connectivity index (χ1n) is 7.24. The minimum absolute atomic E-state index is 0.226. The zero-order valence-corrected chi connectivity index (χ0v) is 13.1. The van der Waals surface area contributed by atoms with Crippen LogP contribution in [-0.4, -0.2) is 16.7 Å². The number of halogens is 1. The highest BCUT2D eigenvalue weighted by molar-refractivity contribution is 5.50. The molecule has 2 aromatic heterocycles. The molecule has 0 fully saturated rings. The minimum Gasteiger partial charge on any atom is -0.494 e. The van der Waals surface area contributed by atoms with Crippen LogP contribution in [0.2, 0.25) is 0 Å². The molecule has 0 aliphatic carbocycles. The summed E-state index contributed by atoms with van der Waals surface area (Å²) >= 11 is 0. The number of furan rings is 1. The Morgan fingerprint density at radius 3 is 2.78 bits per heavy atom. The fourth-order valence-corrected chi connectivity index (χ4v) is 2.40. The summed E-state index contributed by atoms with van der Waals surface area (Å²) in [6.07, 6.45) is 5.26. The van der Waals surface area contributed by atoms with Crippen LogP contribution in [0.4, 0.5) is 10.1 Å². The van der Waals surface area contributed by atoms with E-state index in [0.29, 0.717) is 13.1 Å². The Hall–Kier alpha value is -2.76. The van der Waals surface area contributed by atoms with Gasteiger partial charge in [0.15, 0.2) is 11.6 Å². The Morgan fingerprint density at radius 1 is 1.30 bits per heavy atom. The number of methoxy groups -OCH3 is 1. The quantitative estimate of drug-likeness (QED) is 0.699. The van der Waals surface area contributed by atoms with Crippen LogP contribution in [0, 0.1) is 5.82 Å². The van der Waals surface area contributed by atoms with Gasteiger partial charge >= 0.3 is 0 Å². The van der Waals surface area contributed by atoms with E-state index in [2.05, 4.69) is 4.98 Å². The number of aryl methyl sites for hydroxylation is 1. The number of hydrogen-bond acceptors (Lipinski definition) is 4. The molecule has 0 aliphatic heterocycles. The largest absolute Gasteiger partial charge is 0.494 e. The molecular formula is C17H18FN3O2. The summed E-state index contributed by atoms with van der Waals surface area (Å²) < 4.78 is 26.4. The van der Waals surface area contributed by atoms with Gasteiger partial charge in [0.2, 0.25) is 0 Å². The third-order valence-electron chi connectivity index (χ3n) is 3.68. The molecule has 0 bridgehead atoms. The summed E-state index contributed by atoms with van der Waals surface area (Å²) in [6.45, 7) is 1.06. The lowest BCUT2D eigenvalue weighted by Crippen LogP contribution is -2.23. The number of rotatable bonds is 6. The van der Waals surface area contributed by atoms with E-state index >= 15 is 0 Å². The molecule has 0 saturated carbocycles. The van der Waals surface area contributed by atoms with E-state index in [-0.39, 0.29) is 5.75 Å². The fourth-order valence-electron chi connectivity index (χ4n) is 2.40. The highest BCUT2D eigenvalue weighted by atomic mass is 19.1. The Kier molecular flexibility index (Phi) is 4.32. The van der Waals surface area contributed by atoms with Crippen molar-refractivity contribution >= 4 is 5.69 Å². The molecule has 6 heteroatoms. The van der Waals surface area contributed by atoms with Gasteiger partial charge in [-0.15, -0.1) is 0 Å². The molecule has 0 aliphatic rings. The van der Waals surface area contributed by atoms with Crippen LogP contribution in [0.15, 0.2) is 53.4 Å². The zero-order valence-electron chi connectivity index (χ0n) is 13.1. The van der Waals surface area contributed by atoms with E-state index in [9.17, 15) is 4.39 Å². The molecule has 0 spiro atoms. The molecule has 0 amide bonds. The average molecular weight is 315 g/mol. The standard InChI is InChI=1S/C17H18FN3O2/c1-20-8-7-19-17(20)12-21(11-14-4-3-9-23-14)13-5-6-16(22-2)15(18)10-13/h3-10H,11-12H2,1-2H3. The molecule has 1 aromatic carbocycles. The van der Waals surface area contributed by atoms with E-state index in [4.69, 9.17) is 9.15 Å². The summed E-state index contributed by atoms with van der Waals surface area (Å²) in [5.41, 5.74) is 0.739. The number of benzene rings is 1. The van der Waals surface area contributed by atoms with Crippen molar-refractivity contribution in [1.82, 2.24) is 9.55 Å². The monoisotopic (exact) mass is 315 g/mol. The van der Waals surface area contributed by atoms with Gasteiger partial charge in [-0.2, -0.15) is 0 Å². The molecular weight excluding hydrogens is 297 g/mol. The van der Waals surface area contributed by atoms with Gasteiger partial charge in [0.25, 0.3) is 0 Å². The van der Waals surface area contributed by atoms with Crippen LogP contribution in [0.3, 0.4) is 0 Å². The predicted molar refractivity (Wildman–Crippen MR) is 84.8 cm³/mol. The van der Waals surface area contributed by atoms with Crippen molar-refractivity contribution in [3.05, 3.63) is 66.4 Å². The lowest BCUT2D eigenvalue weighted by molar-refractivity contribution is 0.386. The molecule has 120 valence electrons. The van der Waals surface area contributed by atoms with E-state index in [1.807, 2.05) is 40.9 Å². The van der Waals surface area contributed by atoms with Crippen molar-refractivity contribution < 1.29 is 13.5 Å². The van der Waals surface area contributed by atoms with Crippen molar-refractivity contribution in [3.63, 3.8) is 0 Å². The summed E-state index contributed by atoms with van der Waals surface area (Å²) in [5, 5.41) is 0. The molecule has 2 heterocycles. The van der Waals surface area contributed by atoms with Crippen LogP contribution >= 0.6 is 0 Å². The smallest absolute Gasteiger partial charge is 0.167 e. The maximum atomic E-state index is 14.1. The molecule has 3 rings (SSSR count). The molecule has 0 N–H and O–H groups in total. The number of aromatic nitrogens is 2. The molecule has 3 aromatic rings. The third kappa shape index (κ3) is 3.36. The lowest BCUT2D eigenvalue weighted by atomic mass is 10.2. The predicted octanol–water partition coefficient (Wildman–Crippen LogP) is 3.37. The van der Waals surface area contributed by atoms with Crippen molar-refractivity contribution in [2.45, 2.75) is 13.1 Å². The first kappa shape index (κ1) is 15.1. The van der Waals surface area contributed by atoms with E-state index in [0.717, 1.165) is 17.3 Å². The summed E-state index contributed by atoms with van der Waals surface area (Å²) in [6, 6.07) is 8.64. The molecule has 0 radical (unpaired) electrons. The Morgan fingerprint density at radius 2 is 2.17 bits per heavy atom. The minimum atomic E-state index is -0.394. The van der Waals surface area contributed by atoms with E-state index < -0.39 is 5.82 Å². The van der Waals surface area contributed by atoms with Gasteiger partial charge in [-0.3, -0.25) is 0 Å². The van der Waals surface area contributed by atoms with Gasteiger partial charge in [0, 0.05) is 31.2 Å². The number of ether oxygens (including phenoxy) is 1. The second-order valence-electron chi connectivity index (χ2n) is 5.21. The number of imidazole rings is 1. The van der Waals surface area contributed by atoms with Crippen molar-refractivity contribution in [2.75, 3.05) is 12.0 Å². The van der Waals surface area contributed by atoms with Crippen molar-refractivity contribution in [1.29, 1.82) is 0 Å². The summed E-state index contributed by atoms with van der Waals surface area (Å²) in [7, 11) is 3.38. The summed E-state index contributed by atoms with van der Waals surface area (Å²) in [4.78, 5) is 6.34. The maximum Gasteiger partial charge on any atom is 0.167 e. The van der Waals surface area contributed by atoms with Crippen LogP contribution in [0.5, 0.6) is 5.75 Å². The van der Waals surface area contributed by atoms with Crippen molar-refractivity contribution in [2.24, 2.45) is 7.05 Å². The fraction of sp³-hybridized carbons (Fsp3) is 0.235. The van der Waals surface area contributed by atoms with Gasteiger partial charge in [0.1, 0.15) is 11.6 Å². The average Bonchev–Trinajstić information content (AvgIpc) is 3.19. The molecule has 0 unspecified atom stereocenters. The van der Waals surface area contributed by atoms with E-state index in [1.54, 1.807) is 18.5 Å². The SMILES string of the molecule is COc1ccc(N(Cc2ccco2)Cc2nccn2C)cc1F. The van der Waals surface area contributed by atoms with Crippen LogP contribution in [-0.2, 0) is 20.1 Å². The Balaban J connectivity index is 1.90. The first-order valence-corrected chi connectivity index (χ1v) is 7.24. The topological polar surface area (TPSA) is 43.4 Å². The highest BCUT2D eigenvalue weighted by Gasteiger charge is 2.14. The first-order chi connectivity index (χ1) is 11.2. The molecule has 0 atom stereocenters. The number of nitrogens with zero attached hydrogens (tertiary/aromatic N) is 3. The molecule has 0 saturated heterocycles. The molecule has 23 heavy (non-hydrogen) atoms. The zero-order chi connectivity index (χ0) is 16.2. The Bertz CT molecular complexity index is 768. The molecule has 5 nitrogen and oxygen atoms in total. The number of hydrogen-bond donors (Lipinski definition) is 0. The van der Waals surface area contributed by atoms with Crippen LogP contribution < -0.4 is 9.64 Å². The van der Waals surface area contributed by atoms with Gasteiger partial charge in [-0.25, -0.2) is 9.37 Å². The highest BCUT2D eigenvalue weighted by Crippen LogP contribution is 2.26. The van der Waals surface area contributed by atoms with Crippen LogP contribution in [0.1, 0.15) is 11.6 Å². The second-order valence-corrected chi connectivity index (χ2v) is 5.21. The third-order valence-corrected chi connectivity index (χ3v) is 3.68. The van der Waals surface area contributed by atoms with Gasteiger partial charge in [-0.05, 0) is 24.3 Å². The van der Waals surface area contributed by atoms with Crippen LogP contribution in [0.25, 0.3) is 0 Å². The van der Waals surface area contributed by atoms with Gasteiger partial charge in [-0.1, -0.05) is 0 Å². The second kappa shape index (κ2) is 6.56. The van der Waals surface area contributed by atoms with Gasteiger partial charge in [0.05, 0.1) is 26.5 Å².